The van der Waals surface area contributed by atoms with Gasteiger partial charge in [0.05, 0.1) is 0 Å². The predicted octanol–water partition coefficient (Wildman–Crippen LogP) is -3.36. The van der Waals surface area contributed by atoms with Crippen molar-refractivity contribution in [3.63, 3.8) is 0 Å². The predicted molar refractivity (Wildman–Crippen MR) is 111 cm³/mol. The maximum atomic E-state index is 10.5. The zero-order valence-electron chi connectivity index (χ0n) is 16.0. The van der Waals surface area contributed by atoms with Crippen LogP contribution in [-0.4, -0.2) is 68.6 Å². The summed E-state index contributed by atoms with van der Waals surface area (Å²) in [6, 6.07) is 10.7. The van der Waals surface area contributed by atoms with Crippen LogP contribution in [0, 0.1) is 0 Å². The number of carboxylic acids is 2. The van der Waals surface area contributed by atoms with Gasteiger partial charge in [0.1, 0.15) is 12.1 Å². The molecule has 0 aliphatic carbocycles. The minimum absolute atomic E-state index is 0.219. The van der Waals surface area contributed by atoms with E-state index in [1.807, 2.05) is 0 Å². The Bertz CT molecular complexity index is 746. The zero-order valence-corrected chi connectivity index (χ0v) is 16.0. The van der Waals surface area contributed by atoms with E-state index in [2.05, 4.69) is 0 Å². The van der Waals surface area contributed by atoms with Gasteiger partial charge < -0.3 is 41.8 Å². The smallest absolute Gasteiger partial charge is 0.480 e. The molecule has 0 aliphatic heterocycles. The van der Waals surface area contributed by atoms with Gasteiger partial charge >= 0.3 is 26.2 Å². The van der Waals surface area contributed by atoms with Crippen LogP contribution in [0.2, 0.25) is 0 Å². The van der Waals surface area contributed by atoms with Crippen molar-refractivity contribution in [1.29, 1.82) is 0 Å². The van der Waals surface area contributed by atoms with Crippen LogP contribution in [0.4, 0.5) is 0 Å². The second kappa shape index (κ2) is 12.1. The third-order valence-corrected chi connectivity index (χ3v) is 4.10. The Morgan fingerprint density at radius 3 is 1.13 bits per heavy atom. The molecular formula is C18H24B2N2O8. The summed E-state index contributed by atoms with van der Waals surface area (Å²) in [6.07, 6.45) is 0.439. The quantitative estimate of drug-likeness (QED) is 0.200. The Kier molecular flexibility index (Phi) is 10.2. The van der Waals surface area contributed by atoms with Gasteiger partial charge in [-0.3, -0.25) is 9.59 Å². The minimum Gasteiger partial charge on any atom is -0.480 e. The van der Waals surface area contributed by atoms with Crippen LogP contribution >= 0.6 is 0 Å². The third-order valence-electron chi connectivity index (χ3n) is 4.10. The van der Waals surface area contributed by atoms with E-state index in [-0.39, 0.29) is 12.8 Å². The molecule has 0 saturated heterocycles. The van der Waals surface area contributed by atoms with Crippen molar-refractivity contribution in [2.75, 3.05) is 0 Å². The first-order valence-electron chi connectivity index (χ1n) is 8.88. The first-order valence-corrected chi connectivity index (χ1v) is 8.88. The van der Waals surface area contributed by atoms with E-state index in [0.29, 0.717) is 10.9 Å². The topological polar surface area (TPSA) is 208 Å². The number of carboxylic acid groups (broad SMARTS) is 2. The highest BCUT2D eigenvalue weighted by molar-refractivity contribution is 6.58. The van der Waals surface area contributed by atoms with Crippen molar-refractivity contribution >= 4 is 37.1 Å². The first kappa shape index (κ1) is 25.3. The monoisotopic (exact) mass is 418 g/mol. The molecule has 2 unspecified atom stereocenters. The molecule has 30 heavy (non-hydrogen) atoms. The normalized spacial score (nSPS) is 12.2. The van der Waals surface area contributed by atoms with E-state index in [4.69, 9.17) is 41.8 Å². The number of nitrogens with two attached hydrogens (primary N) is 2. The standard InChI is InChI=1S/2C9H12BNO4/c2*11-8(9(12)13)5-6-1-3-7(4-2-6)10(14)15/h2*1-4,8,14-15H,5,11H2,(H,12,13). The lowest BCUT2D eigenvalue weighted by molar-refractivity contribution is -0.139. The summed E-state index contributed by atoms with van der Waals surface area (Å²) in [5, 5.41) is 52.4. The lowest BCUT2D eigenvalue weighted by atomic mass is 9.80. The summed E-state index contributed by atoms with van der Waals surface area (Å²) in [5.74, 6) is -2.11. The van der Waals surface area contributed by atoms with Crippen molar-refractivity contribution in [3.8, 4) is 0 Å². The van der Waals surface area contributed by atoms with E-state index in [1.54, 1.807) is 24.3 Å². The van der Waals surface area contributed by atoms with Gasteiger partial charge in [-0.05, 0) is 34.9 Å². The SMILES string of the molecule is NC(Cc1ccc(B(O)O)cc1)C(=O)O.NC(Cc1ccc(B(O)O)cc1)C(=O)O. The molecule has 160 valence electrons. The van der Waals surface area contributed by atoms with E-state index < -0.39 is 38.3 Å². The van der Waals surface area contributed by atoms with Gasteiger partial charge in [0.25, 0.3) is 0 Å². The summed E-state index contributed by atoms with van der Waals surface area (Å²) in [4.78, 5) is 20.9. The van der Waals surface area contributed by atoms with Crippen LogP contribution in [0.15, 0.2) is 48.5 Å². The largest absolute Gasteiger partial charge is 0.488 e. The molecule has 0 radical (unpaired) electrons. The van der Waals surface area contributed by atoms with Gasteiger partial charge in [0.2, 0.25) is 0 Å². The molecular weight excluding hydrogens is 394 g/mol. The molecule has 0 amide bonds. The molecule has 2 atom stereocenters. The van der Waals surface area contributed by atoms with Crippen LogP contribution in [0.25, 0.3) is 0 Å². The molecule has 0 fully saturated rings. The maximum Gasteiger partial charge on any atom is 0.488 e. The second-order valence-electron chi connectivity index (χ2n) is 6.53. The van der Waals surface area contributed by atoms with E-state index in [0.717, 1.165) is 11.1 Å². The molecule has 0 heterocycles. The summed E-state index contributed by atoms with van der Waals surface area (Å²) in [6.45, 7) is 0. The van der Waals surface area contributed by atoms with Crippen molar-refractivity contribution in [3.05, 3.63) is 59.7 Å². The van der Waals surface area contributed by atoms with Crippen LogP contribution in [0.1, 0.15) is 11.1 Å². The van der Waals surface area contributed by atoms with Gasteiger partial charge in [-0.25, -0.2) is 0 Å². The Labute approximate surface area is 173 Å². The van der Waals surface area contributed by atoms with E-state index in [9.17, 15) is 9.59 Å². The number of hydrogen-bond donors (Lipinski definition) is 8. The average molecular weight is 418 g/mol. The van der Waals surface area contributed by atoms with Gasteiger partial charge in [-0.15, -0.1) is 0 Å². The fourth-order valence-electron chi connectivity index (χ4n) is 2.33. The average Bonchev–Trinajstić information content (AvgIpc) is 2.69. The molecule has 2 aromatic carbocycles. The molecule has 0 aromatic heterocycles. The van der Waals surface area contributed by atoms with E-state index >= 15 is 0 Å². The molecule has 12 heteroatoms. The fraction of sp³-hybridized carbons (Fsp3) is 0.222. The van der Waals surface area contributed by atoms with Crippen LogP contribution in [-0.2, 0) is 22.4 Å². The van der Waals surface area contributed by atoms with Crippen molar-refractivity contribution in [2.24, 2.45) is 11.5 Å². The summed E-state index contributed by atoms with van der Waals surface area (Å²) in [5.41, 5.74) is 12.9. The summed E-state index contributed by atoms with van der Waals surface area (Å²) >= 11 is 0. The van der Waals surface area contributed by atoms with Crippen molar-refractivity contribution < 1.29 is 39.9 Å². The summed E-state index contributed by atoms with van der Waals surface area (Å²) in [7, 11) is -3.01. The fourth-order valence-corrected chi connectivity index (χ4v) is 2.33. The molecule has 2 aromatic rings. The maximum absolute atomic E-state index is 10.5. The Morgan fingerprint density at radius 2 is 0.933 bits per heavy atom. The van der Waals surface area contributed by atoms with E-state index in [1.165, 1.54) is 24.3 Å². The highest BCUT2D eigenvalue weighted by atomic mass is 16.4. The van der Waals surface area contributed by atoms with Gasteiger partial charge in [0.15, 0.2) is 0 Å². The Morgan fingerprint density at radius 1 is 0.667 bits per heavy atom. The highest BCUT2D eigenvalue weighted by Crippen LogP contribution is 2.02. The number of carbonyl (C=O) groups is 2. The lowest BCUT2D eigenvalue weighted by Gasteiger charge is -2.07. The van der Waals surface area contributed by atoms with Gasteiger partial charge in [-0.1, -0.05) is 48.5 Å². The molecule has 0 saturated carbocycles. The number of aliphatic carboxylic acids is 2. The van der Waals surface area contributed by atoms with Gasteiger partial charge in [-0.2, -0.15) is 0 Å². The Hall–Kier alpha value is -2.73. The van der Waals surface area contributed by atoms with Crippen LogP contribution in [0.5, 0.6) is 0 Å². The minimum atomic E-state index is -1.51. The molecule has 0 aliphatic rings. The third kappa shape index (κ3) is 8.74. The molecule has 10 N–H and O–H groups in total. The van der Waals surface area contributed by atoms with Crippen LogP contribution in [0.3, 0.4) is 0 Å². The number of hydrogen-bond acceptors (Lipinski definition) is 8. The first-order chi connectivity index (χ1) is 14.0. The van der Waals surface area contributed by atoms with Gasteiger partial charge in [0, 0.05) is 0 Å². The molecule has 0 bridgehead atoms. The Balaban J connectivity index is 0.000000300. The van der Waals surface area contributed by atoms with Crippen molar-refractivity contribution in [1.82, 2.24) is 0 Å². The van der Waals surface area contributed by atoms with Crippen molar-refractivity contribution in [2.45, 2.75) is 24.9 Å². The number of rotatable bonds is 8. The highest BCUT2D eigenvalue weighted by Gasteiger charge is 2.15. The molecule has 2 rings (SSSR count). The molecule has 0 spiro atoms. The lowest BCUT2D eigenvalue weighted by Crippen LogP contribution is -2.33. The summed E-state index contributed by atoms with van der Waals surface area (Å²) < 4.78 is 0. The second-order valence-corrected chi connectivity index (χ2v) is 6.53. The van der Waals surface area contributed by atoms with Crippen LogP contribution < -0.4 is 22.4 Å². The molecule has 10 nitrogen and oxygen atoms in total. The zero-order chi connectivity index (χ0) is 22.8. The number of benzene rings is 2.